The largest absolute Gasteiger partial charge is 0.481 e. The molecule has 2 fully saturated rings. The Bertz CT molecular complexity index is 1070. The molecule has 1 unspecified atom stereocenters. The third kappa shape index (κ3) is 5.19. The summed E-state index contributed by atoms with van der Waals surface area (Å²) in [7, 11) is 0. The molecule has 1 saturated carbocycles. The maximum atomic E-state index is 12.9. The Morgan fingerprint density at radius 2 is 1.71 bits per heavy atom. The van der Waals surface area contributed by atoms with Gasteiger partial charge in [0.2, 0.25) is 5.91 Å². The predicted octanol–water partition coefficient (Wildman–Crippen LogP) is 4.26. The first-order valence-corrected chi connectivity index (χ1v) is 12.6. The van der Waals surface area contributed by atoms with Crippen LogP contribution >= 0.6 is 0 Å². The molecule has 0 bridgehead atoms. The summed E-state index contributed by atoms with van der Waals surface area (Å²) in [5, 5.41) is 11.8. The lowest BCUT2D eigenvalue weighted by molar-refractivity contribution is -0.137. The molecule has 0 radical (unpaired) electrons. The van der Waals surface area contributed by atoms with Gasteiger partial charge in [-0.15, -0.1) is 0 Å². The molecule has 2 amide bonds. The van der Waals surface area contributed by atoms with E-state index in [1.54, 1.807) is 0 Å². The lowest BCUT2D eigenvalue weighted by Crippen LogP contribution is -2.41. The number of nitrogens with zero attached hydrogens (tertiary/aromatic N) is 1. The van der Waals surface area contributed by atoms with E-state index in [1.807, 2.05) is 29.2 Å². The normalized spacial score (nSPS) is 22.7. The molecular weight excluding hydrogens is 444 g/mol. The van der Waals surface area contributed by atoms with Gasteiger partial charge in [0.15, 0.2) is 0 Å². The van der Waals surface area contributed by atoms with Crippen molar-refractivity contribution in [3.8, 4) is 11.1 Å². The summed E-state index contributed by atoms with van der Waals surface area (Å²) in [4.78, 5) is 38.1. The number of fused-ring (bicyclic) bond motifs is 3. The van der Waals surface area contributed by atoms with Crippen LogP contribution in [0.3, 0.4) is 0 Å². The van der Waals surface area contributed by atoms with Crippen molar-refractivity contribution in [1.29, 1.82) is 0 Å². The van der Waals surface area contributed by atoms with Crippen LogP contribution in [0.2, 0.25) is 0 Å². The molecule has 1 aliphatic heterocycles. The molecule has 184 valence electrons. The summed E-state index contributed by atoms with van der Waals surface area (Å²) < 4.78 is 5.60. The second-order valence-corrected chi connectivity index (χ2v) is 10.0. The number of benzene rings is 2. The van der Waals surface area contributed by atoms with Gasteiger partial charge in [-0.3, -0.25) is 9.59 Å². The molecule has 1 heterocycles. The lowest BCUT2D eigenvalue weighted by Gasteiger charge is -2.33. The van der Waals surface area contributed by atoms with E-state index in [4.69, 9.17) is 9.84 Å². The molecule has 1 saturated heterocycles. The number of carbonyl (C=O) groups excluding carboxylic acids is 2. The van der Waals surface area contributed by atoms with Gasteiger partial charge >= 0.3 is 12.1 Å². The van der Waals surface area contributed by atoms with Crippen LogP contribution in [0.1, 0.15) is 49.1 Å². The zero-order valence-electron chi connectivity index (χ0n) is 19.8. The van der Waals surface area contributed by atoms with Gasteiger partial charge in [-0.1, -0.05) is 48.5 Å². The van der Waals surface area contributed by atoms with Gasteiger partial charge < -0.3 is 20.1 Å². The van der Waals surface area contributed by atoms with Gasteiger partial charge in [0.1, 0.15) is 6.61 Å². The third-order valence-corrected chi connectivity index (χ3v) is 7.69. The van der Waals surface area contributed by atoms with Crippen LogP contribution in [0.5, 0.6) is 0 Å². The van der Waals surface area contributed by atoms with E-state index in [0.717, 1.165) is 25.8 Å². The first-order valence-electron chi connectivity index (χ1n) is 12.6. The fourth-order valence-electron chi connectivity index (χ4n) is 5.70. The summed E-state index contributed by atoms with van der Waals surface area (Å²) in [6.07, 6.45) is 3.01. The van der Waals surface area contributed by atoms with E-state index in [1.165, 1.54) is 22.3 Å². The van der Waals surface area contributed by atoms with Crippen molar-refractivity contribution >= 4 is 18.0 Å². The first-order chi connectivity index (χ1) is 17.0. The maximum Gasteiger partial charge on any atom is 0.407 e. The Morgan fingerprint density at radius 3 is 2.40 bits per heavy atom. The van der Waals surface area contributed by atoms with Gasteiger partial charge in [0.05, 0.1) is 0 Å². The Morgan fingerprint density at radius 1 is 1.03 bits per heavy atom. The molecule has 2 aliphatic carbocycles. The van der Waals surface area contributed by atoms with Gasteiger partial charge in [0, 0.05) is 37.9 Å². The number of rotatable bonds is 8. The number of ether oxygens (including phenoxy) is 1. The van der Waals surface area contributed by atoms with E-state index in [-0.39, 0.29) is 42.6 Å². The highest BCUT2D eigenvalue weighted by Gasteiger charge is 2.45. The topological polar surface area (TPSA) is 95.9 Å². The second kappa shape index (κ2) is 10.1. The second-order valence-electron chi connectivity index (χ2n) is 10.0. The van der Waals surface area contributed by atoms with Gasteiger partial charge in [-0.25, -0.2) is 4.79 Å². The van der Waals surface area contributed by atoms with Crippen LogP contribution in [0, 0.1) is 17.8 Å². The van der Waals surface area contributed by atoms with Crippen molar-refractivity contribution in [2.75, 3.05) is 26.2 Å². The van der Waals surface area contributed by atoms with E-state index in [9.17, 15) is 14.4 Å². The van der Waals surface area contributed by atoms with Crippen molar-refractivity contribution in [1.82, 2.24) is 10.2 Å². The van der Waals surface area contributed by atoms with Crippen molar-refractivity contribution in [2.24, 2.45) is 17.8 Å². The number of alkyl carbamates (subject to hydrolysis) is 1. The lowest BCUT2D eigenvalue weighted by atomic mass is 9.93. The zero-order chi connectivity index (χ0) is 24.4. The summed E-state index contributed by atoms with van der Waals surface area (Å²) in [6, 6.07) is 16.5. The first kappa shape index (κ1) is 23.4. The minimum atomic E-state index is -0.782. The number of hydrogen-bond donors (Lipinski definition) is 2. The molecule has 3 aliphatic rings. The van der Waals surface area contributed by atoms with Crippen LogP contribution in [0.25, 0.3) is 11.1 Å². The number of amides is 2. The van der Waals surface area contributed by atoms with Crippen LogP contribution in [0.15, 0.2) is 48.5 Å². The number of nitrogens with one attached hydrogen (secondary N) is 1. The minimum Gasteiger partial charge on any atom is -0.481 e. The number of aliphatic carboxylic acids is 1. The highest BCUT2D eigenvalue weighted by Crippen LogP contribution is 2.44. The Hall–Kier alpha value is -3.35. The SMILES string of the molecule is O=C(O)CCC1CCCN(C(=O)[C@H]2C[C@H]2CNC(=O)OCC2c3ccccc3-c3ccccc32)C1. The number of likely N-dealkylation sites (tertiary alicyclic amines) is 1. The van der Waals surface area contributed by atoms with Crippen molar-refractivity contribution < 1.29 is 24.2 Å². The van der Waals surface area contributed by atoms with E-state index < -0.39 is 12.1 Å². The van der Waals surface area contributed by atoms with E-state index in [0.29, 0.717) is 19.5 Å². The van der Waals surface area contributed by atoms with Crippen LogP contribution in [-0.2, 0) is 14.3 Å². The Kier molecular flexibility index (Phi) is 6.75. The molecule has 5 rings (SSSR count). The van der Waals surface area contributed by atoms with Gasteiger partial charge in [0.25, 0.3) is 0 Å². The predicted molar refractivity (Wildman–Crippen MR) is 131 cm³/mol. The number of carboxylic acid groups (broad SMARTS) is 1. The molecule has 0 aromatic heterocycles. The number of piperidine rings is 1. The monoisotopic (exact) mass is 476 g/mol. The summed E-state index contributed by atoms with van der Waals surface area (Å²) in [6.45, 7) is 2.10. The average Bonchev–Trinajstić information content (AvgIpc) is 3.59. The smallest absolute Gasteiger partial charge is 0.407 e. The van der Waals surface area contributed by atoms with E-state index >= 15 is 0 Å². The number of hydrogen-bond acceptors (Lipinski definition) is 4. The molecule has 35 heavy (non-hydrogen) atoms. The standard InChI is InChI=1S/C28H32N2O5/c31-26(32)12-11-18-6-5-13-30(16-18)27(33)24-14-19(24)15-29-28(34)35-17-25-22-9-3-1-7-20(22)21-8-2-4-10-23(21)25/h1-4,7-10,18-19,24-25H,5-6,11-17H2,(H,29,34)(H,31,32)/t18?,19-,24-/m0/s1. The molecule has 7 heteroatoms. The van der Waals surface area contributed by atoms with Crippen LogP contribution in [0.4, 0.5) is 4.79 Å². The zero-order valence-corrected chi connectivity index (χ0v) is 19.8. The number of carbonyl (C=O) groups is 3. The molecule has 2 aromatic rings. The molecule has 2 N–H and O–H groups in total. The number of carboxylic acids is 1. The van der Waals surface area contributed by atoms with E-state index in [2.05, 4.69) is 29.6 Å². The summed E-state index contributed by atoms with van der Waals surface area (Å²) in [5.41, 5.74) is 4.74. The highest BCUT2D eigenvalue weighted by atomic mass is 16.5. The van der Waals surface area contributed by atoms with Gasteiger partial charge in [-0.05, 0) is 59.8 Å². The molecule has 0 spiro atoms. The van der Waals surface area contributed by atoms with Crippen LogP contribution < -0.4 is 5.32 Å². The van der Waals surface area contributed by atoms with Crippen LogP contribution in [-0.4, -0.2) is 54.2 Å². The van der Waals surface area contributed by atoms with Gasteiger partial charge in [-0.2, -0.15) is 0 Å². The Balaban J connectivity index is 1.07. The highest BCUT2D eigenvalue weighted by molar-refractivity contribution is 5.82. The third-order valence-electron chi connectivity index (χ3n) is 7.69. The molecule has 7 nitrogen and oxygen atoms in total. The fraction of sp³-hybridized carbons (Fsp3) is 0.464. The summed E-state index contributed by atoms with van der Waals surface area (Å²) >= 11 is 0. The Labute approximate surface area is 205 Å². The fourth-order valence-corrected chi connectivity index (χ4v) is 5.70. The molecule has 2 aromatic carbocycles. The van der Waals surface area contributed by atoms with Crippen molar-refractivity contribution in [3.63, 3.8) is 0 Å². The maximum absolute atomic E-state index is 12.9. The van der Waals surface area contributed by atoms with Crippen molar-refractivity contribution in [3.05, 3.63) is 59.7 Å². The minimum absolute atomic E-state index is 0.0246. The van der Waals surface area contributed by atoms with Crippen molar-refractivity contribution in [2.45, 2.75) is 38.0 Å². The molecule has 3 atom stereocenters. The molecular formula is C28H32N2O5. The quantitative estimate of drug-likeness (QED) is 0.593. The average molecular weight is 477 g/mol. The summed E-state index contributed by atoms with van der Waals surface area (Å²) in [5.74, 6) is -0.264.